The lowest BCUT2D eigenvalue weighted by Gasteiger charge is -2.07. The van der Waals surface area contributed by atoms with Gasteiger partial charge >= 0.3 is 5.56 Å². The fourth-order valence-corrected chi connectivity index (χ4v) is 3.34. The molecule has 158 valence electrons. The maximum atomic E-state index is 12.8. The number of aromatic nitrogens is 4. The number of nitrogens with zero attached hydrogens (tertiary/aromatic N) is 4. The predicted octanol–water partition coefficient (Wildman–Crippen LogP) is 3.50. The highest BCUT2D eigenvalue weighted by Gasteiger charge is 2.12. The Morgan fingerprint density at radius 2 is 1.81 bits per heavy atom. The van der Waals surface area contributed by atoms with Gasteiger partial charge in [-0.1, -0.05) is 11.6 Å². The molecule has 2 heterocycles. The minimum atomic E-state index is -0.277. The van der Waals surface area contributed by atoms with Crippen LogP contribution in [0, 0.1) is 0 Å². The van der Waals surface area contributed by atoms with Crippen LogP contribution < -0.4 is 15.6 Å². The van der Waals surface area contributed by atoms with Gasteiger partial charge in [0.25, 0.3) is 0 Å². The maximum Gasteiger partial charge on any atom is 0.300 e. The summed E-state index contributed by atoms with van der Waals surface area (Å²) in [6, 6.07) is 14.1. The van der Waals surface area contributed by atoms with Crippen molar-refractivity contribution in [1.82, 2.24) is 19.2 Å². The van der Waals surface area contributed by atoms with E-state index in [1.807, 2.05) is 0 Å². The molecule has 0 aliphatic heterocycles. The van der Waals surface area contributed by atoms with Crippen LogP contribution in [-0.2, 0) is 11.2 Å². The molecular formula is C22H20ClN5O3. The number of ether oxygens (including phenoxy) is 1. The third kappa shape index (κ3) is 4.59. The molecule has 0 saturated heterocycles. The number of rotatable bonds is 7. The van der Waals surface area contributed by atoms with E-state index in [2.05, 4.69) is 15.5 Å². The average molecular weight is 438 g/mol. The third-order valence-electron chi connectivity index (χ3n) is 4.82. The summed E-state index contributed by atoms with van der Waals surface area (Å²) in [4.78, 5) is 25.0. The zero-order valence-corrected chi connectivity index (χ0v) is 17.5. The minimum absolute atomic E-state index is 0.0934. The quantitative estimate of drug-likeness (QED) is 0.478. The molecule has 0 fully saturated rings. The summed E-state index contributed by atoms with van der Waals surface area (Å²) in [5.74, 6) is 1.27. The van der Waals surface area contributed by atoms with E-state index in [0.717, 1.165) is 5.75 Å². The molecule has 2 aromatic carbocycles. The lowest BCUT2D eigenvalue weighted by Crippen LogP contribution is -2.20. The van der Waals surface area contributed by atoms with Crippen molar-refractivity contribution in [2.45, 2.75) is 19.3 Å². The lowest BCUT2D eigenvalue weighted by molar-refractivity contribution is -0.116. The average Bonchev–Trinajstić information content (AvgIpc) is 3.19. The van der Waals surface area contributed by atoms with Crippen LogP contribution in [0.1, 0.15) is 18.7 Å². The number of nitrogens with one attached hydrogen (secondary N) is 1. The molecule has 9 heteroatoms. The van der Waals surface area contributed by atoms with Crippen molar-refractivity contribution in [3.63, 3.8) is 0 Å². The summed E-state index contributed by atoms with van der Waals surface area (Å²) in [6.07, 6.45) is 4.83. The van der Waals surface area contributed by atoms with E-state index in [1.165, 1.54) is 4.57 Å². The number of fused-ring (bicyclic) bond motifs is 1. The Balaban J connectivity index is 1.41. The fourth-order valence-electron chi connectivity index (χ4n) is 3.22. The normalized spacial score (nSPS) is 10.9. The van der Waals surface area contributed by atoms with E-state index in [9.17, 15) is 9.59 Å². The third-order valence-corrected chi connectivity index (χ3v) is 5.08. The van der Waals surface area contributed by atoms with E-state index in [-0.39, 0.29) is 17.1 Å². The van der Waals surface area contributed by atoms with E-state index < -0.39 is 0 Å². The van der Waals surface area contributed by atoms with Crippen LogP contribution in [0.15, 0.2) is 65.7 Å². The Morgan fingerprint density at radius 1 is 1.06 bits per heavy atom. The molecule has 31 heavy (non-hydrogen) atoms. The number of methoxy groups -OCH3 is 1. The van der Waals surface area contributed by atoms with E-state index in [4.69, 9.17) is 16.3 Å². The van der Waals surface area contributed by atoms with Gasteiger partial charge in [0.15, 0.2) is 0 Å². The molecule has 0 spiro atoms. The number of aryl methyl sites for hydroxylation is 1. The van der Waals surface area contributed by atoms with Crippen LogP contribution in [0.3, 0.4) is 0 Å². The SMILES string of the molecule is COc1ccc(NC(=O)CCCc2nnc3c(=O)n(-c4ccc(Cl)cc4)ccn23)cc1. The topological polar surface area (TPSA) is 90.5 Å². The number of amides is 1. The van der Waals surface area contributed by atoms with Crippen LogP contribution >= 0.6 is 11.6 Å². The van der Waals surface area contributed by atoms with Crippen LogP contribution in [-0.4, -0.2) is 32.2 Å². The van der Waals surface area contributed by atoms with Crippen molar-refractivity contribution in [2.24, 2.45) is 0 Å². The summed E-state index contributed by atoms with van der Waals surface area (Å²) >= 11 is 5.92. The van der Waals surface area contributed by atoms with Gasteiger partial charge in [-0.25, -0.2) is 0 Å². The van der Waals surface area contributed by atoms with Crippen LogP contribution in [0.4, 0.5) is 5.69 Å². The molecule has 1 amide bonds. The first-order chi connectivity index (χ1) is 15.0. The van der Waals surface area contributed by atoms with Gasteiger partial charge in [-0.15, -0.1) is 10.2 Å². The number of carbonyl (C=O) groups is 1. The van der Waals surface area contributed by atoms with Crippen molar-refractivity contribution < 1.29 is 9.53 Å². The molecule has 0 bridgehead atoms. The molecule has 0 atom stereocenters. The van der Waals surface area contributed by atoms with Gasteiger partial charge in [-0.05, 0) is 55.0 Å². The van der Waals surface area contributed by atoms with Crippen molar-refractivity contribution >= 4 is 28.8 Å². The minimum Gasteiger partial charge on any atom is -0.497 e. The summed E-state index contributed by atoms with van der Waals surface area (Å²) in [5, 5.41) is 11.6. The maximum absolute atomic E-state index is 12.8. The Labute approximate surface area is 183 Å². The van der Waals surface area contributed by atoms with Crippen molar-refractivity contribution in [3.05, 3.63) is 82.1 Å². The first kappa shape index (κ1) is 20.6. The monoisotopic (exact) mass is 437 g/mol. The van der Waals surface area contributed by atoms with Gasteiger partial charge in [0.2, 0.25) is 11.6 Å². The number of halogens is 1. The van der Waals surface area contributed by atoms with Crippen molar-refractivity contribution in [3.8, 4) is 11.4 Å². The van der Waals surface area contributed by atoms with Crippen LogP contribution in [0.25, 0.3) is 11.3 Å². The number of hydrogen-bond acceptors (Lipinski definition) is 5. The molecule has 4 aromatic rings. The van der Waals surface area contributed by atoms with Gasteiger partial charge in [-0.2, -0.15) is 0 Å². The number of anilines is 1. The molecule has 0 radical (unpaired) electrons. The number of carbonyl (C=O) groups excluding carboxylic acids is 1. The zero-order chi connectivity index (χ0) is 21.8. The summed E-state index contributed by atoms with van der Waals surface area (Å²) in [5.41, 5.74) is 1.36. The molecular weight excluding hydrogens is 418 g/mol. The van der Waals surface area contributed by atoms with Gasteiger partial charge in [0, 0.05) is 41.6 Å². The van der Waals surface area contributed by atoms with Crippen molar-refractivity contribution in [2.75, 3.05) is 12.4 Å². The largest absolute Gasteiger partial charge is 0.497 e. The Morgan fingerprint density at radius 3 is 2.52 bits per heavy atom. The van der Waals surface area contributed by atoms with Gasteiger partial charge in [0.1, 0.15) is 11.6 Å². The second-order valence-corrected chi connectivity index (χ2v) is 7.33. The summed E-state index contributed by atoms with van der Waals surface area (Å²) in [6.45, 7) is 0. The van der Waals surface area contributed by atoms with Crippen LogP contribution in [0.2, 0.25) is 5.02 Å². The van der Waals surface area contributed by atoms with E-state index in [1.54, 1.807) is 72.4 Å². The highest BCUT2D eigenvalue weighted by atomic mass is 35.5. The molecule has 0 aliphatic rings. The van der Waals surface area contributed by atoms with Gasteiger partial charge in [-0.3, -0.25) is 18.6 Å². The molecule has 2 aromatic heterocycles. The Hall–Kier alpha value is -3.65. The summed E-state index contributed by atoms with van der Waals surface area (Å²) in [7, 11) is 1.59. The molecule has 8 nitrogen and oxygen atoms in total. The second-order valence-electron chi connectivity index (χ2n) is 6.89. The molecule has 0 aliphatic carbocycles. The lowest BCUT2D eigenvalue weighted by atomic mass is 10.2. The predicted molar refractivity (Wildman–Crippen MR) is 118 cm³/mol. The van der Waals surface area contributed by atoms with E-state index >= 15 is 0 Å². The number of hydrogen-bond donors (Lipinski definition) is 1. The smallest absolute Gasteiger partial charge is 0.300 e. The molecule has 0 saturated carbocycles. The summed E-state index contributed by atoms with van der Waals surface area (Å²) < 4.78 is 8.26. The fraction of sp³-hybridized carbons (Fsp3) is 0.182. The zero-order valence-electron chi connectivity index (χ0n) is 16.8. The molecule has 0 unspecified atom stereocenters. The standard InChI is InChI=1S/C22H20ClN5O3/c1-31-18-11-7-16(8-12-18)24-20(29)4-2-3-19-25-26-21-22(30)27(13-14-28(19)21)17-9-5-15(23)6-10-17/h5-14H,2-4H2,1H3,(H,24,29). The Bertz CT molecular complexity index is 1260. The number of benzene rings is 2. The van der Waals surface area contributed by atoms with E-state index in [0.29, 0.717) is 41.5 Å². The van der Waals surface area contributed by atoms with Crippen molar-refractivity contribution in [1.29, 1.82) is 0 Å². The second kappa shape index (κ2) is 9.01. The van der Waals surface area contributed by atoms with Crippen LogP contribution in [0.5, 0.6) is 5.75 Å². The Kier molecular flexibility index (Phi) is 5.99. The first-order valence-electron chi connectivity index (χ1n) is 9.70. The van der Waals surface area contributed by atoms with Gasteiger partial charge in [0.05, 0.1) is 7.11 Å². The van der Waals surface area contributed by atoms with Gasteiger partial charge < -0.3 is 10.1 Å². The first-order valence-corrected chi connectivity index (χ1v) is 10.1. The highest BCUT2D eigenvalue weighted by molar-refractivity contribution is 6.30. The molecule has 4 rings (SSSR count). The highest BCUT2D eigenvalue weighted by Crippen LogP contribution is 2.16. The molecule has 1 N–H and O–H groups in total.